The molecule has 0 radical (unpaired) electrons. The Kier molecular flexibility index (Phi) is 7.66. The molecule has 0 heterocycles. The van der Waals surface area contributed by atoms with Crippen LogP contribution >= 0.6 is 11.6 Å². The van der Waals surface area contributed by atoms with Crippen molar-refractivity contribution in [2.75, 3.05) is 0 Å². The molecule has 1 atom stereocenters. The van der Waals surface area contributed by atoms with E-state index in [4.69, 9.17) is 21.6 Å². The minimum atomic E-state index is -1.30. The Morgan fingerprint density at radius 1 is 1.15 bits per heavy atom. The van der Waals surface area contributed by atoms with Crippen molar-refractivity contribution in [3.63, 3.8) is 0 Å². The van der Waals surface area contributed by atoms with Crippen LogP contribution in [0.1, 0.15) is 31.2 Å². The molecule has 1 unspecified atom stereocenters. The maximum atomic E-state index is 11.2. The Morgan fingerprint density at radius 3 is 2.35 bits per heavy atom. The van der Waals surface area contributed by atoms with Crippen molar-refractivity contribution in [2.45, 2.75) is 38.4 Å². The number of aryl methyl sites for hydroxylation is 1. The van der Waals surface area contributed by atoms with Gasteiger partial charge in [0.15, 0.2) is 0 Å². The Bertz CT molecular complexity index is 408. The van der Waals surface area contributed by atoms with Crippen LogP contribution in [0.15, 0.2) is 24.3 Å². The SMILES string of the molecule is O=C(O)C(CCCCB(O)O)CCc1ccc(Cl)cc1. The van der Waals surface area contributed by atoms with Crippen molar-refractivity contribution in [3.8, 4) is 0 Å². The average molecular weight is 299 g/mol. The predicted molar refractivity (Wildman–Crippen MR) is 79.7 cm³/mol. The highest BCUT2D eigenvalue weighted by molar-refractivity contribution is 6.40. The first-order chi connectivity index (χ1) is 9.49. The normalized spacial score (nSPS) is 12.2. The van der Waals surface area contributed by atoms with E-state index in [2.05, 4.69) is 0 Å². The lowest BCUT2D eigenvalue weighted by molar-refractivity contribution is -0.142. The lowest BCUT2D eigenvalue weighted by atomic mass is 9.82. The zero-order chi connectivity index (χ0) is 15.0. The third kappa shape index (κ3) is 6.94. The number of aliphatic carboxylic acids is 1. The second-order valence-corrected chi connectivity index (χ2v) is 5.40. The first kappa shape index (κ1) is 17.0. The van der Waals surface area contributed by atoms with E-state index < -0.39 is 13.1 Å². The van der Waals surface area contributed by atoms with E-state index in [1.165, 1.54) is 0 Å². The summed E-state index contributed by atoms with van der Waals surface area (Å²) in [5, 5.41) is 27.3. The molecule has 0 amide bonds. The van der Waals surface area contributed by atoms with Crippen LogP contribution in [-0.4, -0.2) is 28.2 Å². The van der Waals surface area contributed by atoms with Gasteiger partial charge < -0.3 is 15.2 Å². The van der Waals surface area contributed by atoms with E-state index in [9.17, 15) is 9.90 Å². The second kappa shape index (κ2) is 9.00. The highest BCUT2D eigenvalue weighted by Crippen LogP contribution is 2.18. The predicted octanol–water partition coefficient (Wildman–Crippen LogP) is 2.62. The van der Waals surface area contributed by atoms with Gasteiger partial charge in [0.2, 0.25) is 0 Å². The van der Waals surface area contributed by atoms with Crippen LogP contribution in [0.5, 0.6) is 0 Å². The Morgan fingerprint density at radius 2 is 1.80 bits per heavy atom. The molecular weight excluding hydrogens is 278 g/mol. The number of halogens is 1. The lowest BCUT2D eigenvalue weighted by Gasteiger charge is -2.12. The zero-order valence-electron chi connectivity index (χ0n) is 11.3. The fraction of sp³-hybridized carbons (Fsp3) is 0.500. The van der Waals surface area contributed by atoms with Gasteiger partial charge in [-0.25, -0.2) is 0 Å². The first-order valence-corrected chi connectivity index (χ1v) is 7.20. The monoisotopic (exact) mass is 298 g/mol. The van der Waals surface area contributed by atoms with Crippen LogP contribution in [0.4, 0.5) is 0 Å². The standard InChI is InChI=1S/C14H20BClO4/c16-13-8-5-11(6-9-13)4-7-12(14(17)18)3-1-2-10-15(19)20/h5-6,8-9,12,19-20H,1-4,7,10H2,(H,17,18). The Balaban J connectivity index is 2.35. The summed E-state index contributed by atoms with van der Waals surface area (Å²) in [7, 11) is -1.30. The van der Waals surface area contributed by atoms with Crippen molar-refractivity contribution in [2.24, 2.45) is 5.92 Å². The lowest BCUT2D eigenvalue weighted by Crippen LogP contribution is -2.15. The number of hydrogen-bond acceptors (Lipinski definition) is 3. The zero-order valence-corrected chi connectivity index (χ0v) is 12.1. The molecule has 110 valence electrons. The molecule has 3 N–H and O–H groups in total. The third-order valence-electron chi connectivity index (χ3n) is 3.31. The van der Waals surface area contributed by atoms with E-state index in [-0.39, 0.29) is 5.92 Å². The van der Waals surface area contributed by atoms with Crippen molar-refractivity contribution in [3.05, 3.63) is 34.9 Å². The Hall–Kier alpha value is -1.04. The summed E-state index contributed by atoms with van der Waals surface area (Å²) in [6.07, 6.45) is 3.46. The summed E-state index contributed by atoms with van der Waals surface area (Å²) in [5.41, 5.74) is 1.08. The summed E-state index contributed by atoms with van der Waals surface area (Å²) >= 11 is 5.80. The molecule has 0 bridgehead atoms. The molecule has 0 aliphatic carbocycles. The maximum Gasteiger partial charge on any atom is 0.451 e. The van der Waals surface area contributed by atoms with Crippen LogP contribution in [0, 0.1) is 5.92 Å². The highest BCUT2D eigenvalue weighted by Gasteiger charge is 2.17. The minimum Gasteiger partial charge on any atom is -0.481 e. The fourth-order valence-electron chi connectivity index (χ4n) is 2.10. The number of unbranched alkanes of at least 4 members (excludes halogenated alkanes) is 1. The smallest absolute Gasteiger partial charge is 0.451 e. The van der Waals surface area contributed by atoms with Gasteiger partial charge >= 0.3 is 13.1 Å². The molecule has 0 aromatic heterocycles. The molecule has 1 aromatic carbocycles. The van der Waals surface area contributed by atoms with Crippen LogP contribution in [0.25, 0.3) is 0 Å². The van der Waals surface area contributed by atoms with Crippen molar-refractivity contribution in [1.29, 1.82) is 0 Å². The van der Waals surface area contributed by atoms with E-state index in [0.29, 0.717) is 43.4 Å². The summed E-state index contributed by atoms with van der Waals surface area (Å²) in [6.45, 7) is 0. The first-order valence-electron chi connectivity index (χ1n) is 6.82. The third-order valence-corrected chi connectivity index (χ3v) is 3.56. The number of benzene rings is 1. The van der Waals surface area contributed by atoms with Gasteiger partial charge in [-0.15, -0.1) is 0 Å². The molecule has 0 saturated heterocycles. The van der Waals surface area contributed by atoms with Crippen LogP contribution < -0.4 is 0 Å². The molecule has 0 spiro atoms. The molecular formula is C14H20BClO4. The van der Waals surface area contributed by atoms with Crippen molar-refractivity contribution < 1.29 is 19.9 Å². The van der Waals surface area contributed by atoms with Gasteiger partial charge in [0.05, 0.1) is 5.92 Å². The number of rotatable bonds is 9. The van der Waals surface area contributed by atoms with Crippen molar-refractivity contribution in [1.82, 2.24) is 0 Å². The number of carboxylic acids is 1. The van der Waals surface area contributed by atoms with E-state index in [1.807, 2.05) is 12.1 Å². The van der Waals surface area contributed by atoms with Crippen LogP contribution in [0.2, 0.25) is 11.3 Å². The molecule has 4 nitrogen and oxygen atoms in total. The van der Waals surface area contributed by atoms with E-state index in [1.54, 1.807) is 12.1 Å². The van der Waals surface area contributed by atoms with E-state index >= 15 is 0 Å². The van der Waals surface area contributed by atoms with Gasteiger partial charge in [-0.2, -0.15) is 0 Å². The number of hydrogen-bond donors (Lipinski definition) is 3. The average Bonchev–Trinajstić information content (AvgIpc) is 2.39. The molecule has 0 aliphatic heterocycles. The number of carboxylic acid groups (broad SMARTS) is 1. The summed E-state index contributed by atoms with van der Waals surface area (Å²) in [6, 6.07) is 7.41. The van der Waals surface area contributed by atoms with Gasteiger partial charge in [0.1, 0.15) is 0 Å². The topological polar surface area (TPSA) is 77.8 Å². The molecule has 0 aliphatic rings. The van der Waals surface area contributed by atoms with Crippen LogP contribution in [-0.2, 0) is 11.2 Å². The van der Waals surface area contributed by atoms with Gasteiger partial charge in [0, 0.05) is 5.02 Å². The maximum absolute atomic E-state index is 11.2. The van der Waals surface area contributed by atoms with Crippen molar-refractivity contribution >= 4 is 24.7 Å². The van der Waals surface area contributed by atoms with E-state index in [0.717, 1.165) is 5.56 Å². The highest BCUT2D eigenvalue weighted by atomic mass is 35.5. The largest absolute Gasteiger partial charge is 0.481 e. The fourth-order valence-corrected chi connectivity index (χ4v) is 2.23. The molecule has 6 heteroatoms. The van der Waals surface area contributed by atoms with Gasteiger partial charge in [-0.05, 0) is 43.3 Å². The summed E-state index contributed by atoms with van der Waals surface area (Å²) in [5.74, 6) is -1.18. The molecule has 1 aromatic rings. The Labute approximate surface area is 124 Å². The van der Waals surface area contributed by atoms with Crippen LogP contribution in [0.3, 0.4) is 0 Å². The number of carbonyl (C=O) groups is 1. The molecule has 0 saturated carbocycles. The molecule has 1 rings (SSSR count). The van der Waals surface area contributed by atoms with Gasteiger partial charge in [-0.1, -0.05) is 36.6 Å². The second-order valence-electron chi connectivity index (χ2n) is 4.97. The molecule has 0 fully saturated rings. The quantitative estimate of drug-likeness (QED) is 0.484. The van der Waals surface area contributed by atoms with Gasteiger partial charge in [0.25, 0.3) is 0 Å². The summed E-state index contributed by atoms with van der Waals surface area (Å²) in [4.78, 5) is 11.2. The van der Waals surface area contributed by atoms with Gasteiger partial charge in [-0.3, -0.25) is 4.79 Å². The molecule has 20 heavy (non-hydrogen) atoms. The minimum absolute atomic E-state index is 0.295. The summed E-state index contributed by atoms with van der Waals surface area (Å²) < 4.78 is 0.